The maximum Gasteiger partial charge on any atom is 0.224 e. The number of anilines is 1. The number of hydrogen-bond acceptors (Lipinski definition) is 6. The second kappa shape index (κ2) is 4.17. The molecule has 0 aliphatic rings. The number of hydrogen-bond donors (Lipinski definition) is 1. The molecular formula is C9H14N6S. The van der Waals surface area contributed by atoms with Gasteiger partial charge in [0.1, 0.15) is 4.88 Å². The molecule has 7 heteroatoms. The highest BCUT2D eigenvalue weighted by atomic mass is 32.1. The number of nitrogens with zero attached hydrogens (tertiary/aromatic N) is 5. The summed E-state index contributed by atoms with van der Waals surface area (Å²) >= 11 is 1.36. The zero-order valence-corrected chi connectivity index (χ0v) is 10.5. The van der Waals surface area contributed by atoms with Crippen LogP contribution in [0.1, 0.15) is 25.5 Å². The molecule has 0 bridgehead atoms. The van der Waals surface area contributed by atoms with Gasteiger partial charge in [-0.3, -0.25) is 4.57 Å². The summed E-state index contributed by atoms with van der Waals surface area (Å²) in [5, 5.41) is 15.3. The fourth-order valence-corrected chi connectivity index (χ4v) is 2.31. The summed E-state index contributed by atoms with van der Waals surface area (Å²) in [7, 11) is 3.74. The van der Waals surface area contributed by atoms with Crippen molar-refractivity contribution in [2.45, 2.75) is 19.8 Å². The first-order chi connectivity index (χ1) is 7.65. The summed E-state index contributed by atoms with van der Waals surface area (Å²) in [4.78, 5) is 0.992. The van der Waals surface area contributed by atoms with Gasteiger partial charge in [0.2, 0.25) is 5.95 Å². The standard InChI is InChI=1S/C9H14N6S/c1-5(2)6-7(16-14-11-6)8-12-13-9(10-3)15(8)4/h5H,1-4H3,(H,10,13). The maximum atomic E-state index is 4.15. The largest absolute Gasteiger partial charge is 0.357 e. The van der Waals surface area contributed by atoms with Gasteiger partial charge in [-0.05, 0) is 17.5 Å². The second-order valence-corrected chi connectivity index (χ2v) is 4.55. The Morgan fingerprint density at radius 2 is 2.00 bits per heavy atom. The molecule has 2 rings (SSSR count). The molecule has 0 spiro atoms. The van der Waals surface area contributed by atoms with Gasteiger partial charge < -0.3 is 5.32 Å². The van der Waals surface area contributed by atoms with E-state index in [1.54, 1.807) is 0 Å². The van der Waals surface area contributed by atoms with Crippen molar-refractivity contribution >= 4 is 17.5 Å². The van der Waals surface area contributed by atoms with E-state index < -0.39 is 0 Å². The maximum absolute atomic E-state index is 4.15. The lowest BCUT2D eigenvalue weighted by atomic mass is 10.1. The lowest BCUT2D eigenvalue weighted by Gasteiger charge is -2.04. The molecule has 86 valence electrons. The highest BCUT2D eigenvalue weighted by Crippen LogP contribution is 2.29. The van der Waals surface area contributed by atoms with Crippen LogP contribution >= 0.6 is 11.5 Å². The lowest BCUT2D eigenvalue weighted by molar-refractivity contribution is 0.809. The highest BCUT2D eigenvalue weighted by molar-refractivity contribution is 7.09. The summed E-state index contributed by atoms with van der Waals surface area (Å²) in [6.45, 7) is 4.19. The van der Waals surface area contributed by atoms with E-state index >= 15 is 0 Å². The summed E-state index contributed by atoms with van der Waals surface area (Å²) in [6, 6.07) is 0. The minimum Gasteiger partial charge on any atom is -0.357 e. The first-order valence-corrected chi connectivity index (χ1v) is 5.82. The Labute approximate surface area is 97.9 Å². The van der Waals surface area contributed by atoms with Crippen LogP contribution in [0.3, 0.4) is 0 Å². The van der Waals surface area contributed by atoms with E-state index in [1.165, 1.54) is 11.5 Å². The molecule has 0 amide bonds. The Bertz CT molecular complexity index is 486. The van der Waals surface area contributed by atoms with Crippen molar-refractivity contribution in [1.82, 2.24) is 24.4 Å². The number of aromatic nitrogens is 5. The SMILES string of the molecule is CNc1nnc(-c2snnc2C(C)C)n1C. The minimum atomic E-state index is 0.337. The highest BCUT2D eigenvalue weighted by Gasteiger charge is 2.19. The number of nitrogens with one attached hydrogen (secondary N) is 1. The third kappa shape index (κ3) is 1.67. The zero-order valence-electron chi connectivity index (χ0n) is 9.72. The Kier molecular flexibility index (Phi) is 2.86. The van der Waals surface area contributed by atoms with Crippen LogP contribution in [0.25, 0.3) is 10.7 Å². The zero-order chi connectivity index (χ0) is 11.7. The van der Waals surface area contributed by atoms with Crippen molar-refractivity contribution in [2.75, 3.05) is 12.4 Å². The summed E-state index contributed by atoms with van der Waals surface area (Å²) in [6.07, 6.45) is 0. The molecule has 0 atom stereocenters. The normalized spacial score (nSPS) is 11.1. The molecule has 0 saturated carbocycles. The quantitative estimate of drug-likeness (QED) is 0.877. The smallest absolute Gasteiger partial charge is 0.224 e. The average molecular weight is 238 g/mol. The summed E-state index contributed by atoms with van der Waals surface area (Å²) in [5.74, 6) is 1.88. The van der Waals surface area contributed by atoms with E-state index in [9.17, 15) is 0 Å². The van der Waals surface area contributed by atoms with Gasteiger partial charge in [0, 0.05) is 14.1 Å². The van der Waals surface area contributed by atoms with E-state index in [4.69, 9.17) is 0 Å². The second-order valence-electron chi connectivity index (χ2n) is 3.80. The Hall–Kier alpha value is -1.50. The van der Waals surface area contributed by atoms with E-state index in [-0.39, 0.29) is 0 Å². The Morgan fingerprint density at radius 1 is 1.25 bits per heavy atom. The van der Waals surface area contributed by atoms with Gasteiger partial charge in [-0.2, -0.15) is 0 Å². The monoisotopic (exact) mass is 238 g/mol. The molecule has 0 fully saturated rings. The topological polar surface area (TPSA) is 68.5 Å². The van der Waals surface area contributed by atoms with Crippen LogP contribution in [0.15, 0.2) is 0 Å². The van der Waals surface area contributed by atoms with Crippen LogP contribution in [0.4, 0.5) is 5.95 Å². The van der Waals surface area contributed by atoms with Crippen molar-refractivity contribution in [3.8, 4) is 10.7 Å². The van der Waals surface area contributed by atoms with Crippen LogP contribution in [-0.4, -0.2) is 31.4 Å². The van der Waals surface area contributed by atoms with Crippen molar-refractivity contribution in [2.24, 2.45) is 7.05 Å². The fourth-order valence-electron chi connectivity index (χ4n) is 1.48. The Balaban J connectivity index is 2.50. The van der Waals surface area contributed by atoms with E-state index in [0.29, 0.717) is 5.92 Å². The summed E-state index contributed by atoms with van der Waals surface area (Å²) < 4.78 is 5.89. The van der Waals surface area contributed by atoms with Gasteiger partial charge in [-0.1, -0.05) is 18.3 Å². The molecule has 0 aliphatic heterocycles. The van der Waals surface area contributed by atoms with Crippen molar-refractivity contribution in [3.05, 3.63) is 5.69 Å². The van der Waals surface area contributed by atoms with Crippen LogP contribution in [0.5, 0.6) is 0 Å². The first kappa shape index (κ1) is 11.0. The Morgan fingerprint density at radius 3 is 2.56 bits per heavy atom. The van der Waals surface area contributed by atoms with Crippen LogP contribution < -0.4 is 5.32 Å². The lowest BCUT2D eigenvalue weighted by Crippen LogP contribution is -2.00. The van der Waals surface area contributed by atoms with E-state index in [2.05, 4.69) is 38.9 Å². The van der Waals surface area contributed by atoms with Crippen LogP contribution in [0, 0.1) is 0 Å². The van der Waals surface area contributed by atoms with Gasteiger partial charge in [0.05, 0.1) is 5.69 Å². The van der Waals surface area contributed by atoms with Gasteiger partial charge in [0.25, 0.3) is 0 Å². The van der Waals surface area contributed by atoms with Gasteiger partial charge >= 0.3 is 0 Å². The summed E-state index contributed by atoms with van der Waals surface area (Å²) in [5.41, 5.74) is 0.975. The molecule has 16 heavy (non-hydrogen) atoms. The molecule has 0 saturated heterocycles. The van der Waals surface area contributed by atoms with Gasteiger partial charge in [0.15, 0.2) is 5.82 Å². The molecule has 0 aromatic carbocycles. The van der Waals surface area contributed by atoms with E-state index in [0.717, 1.165) is 22.3 Å². The van der Waals surface area contributed by atoms with Crippen LogP contribution in [0.2, 0.25) is 0 Å². The van der Waals surface area contributed by atoms with Gasteiger partial charge in [-0.25, -0.2) is 0 Å². The number of rotatable bonds is 3. The molecule has 0 aliphatic carbocycles. The third-order valence-corrected chi connectivity index (χ3v) is 3.10. The molecule has 2 heterocycles. The van der Waals surface area contributed by atoms with Crippen LogP contribution in [-0.2, 0) is 7.05 Å². The average Bonchev–Trinajstić information content (AvgIpc) is 2.83. The third-order valence-electron chi connectivity index (χ3n) is 2.36. The molecule has 6 nitrogen and oxygen atoms in total. The molecule has 2 aromatic rings. The first-order valence-electron chi connectivity index (χ1n) is 5.05. The fraction of sp³-hybridized carbons (Fsp3) is 0.556. The van der Waals surface area contributed by atoms with E-state index in [1.807, 2.05) is 18.7 Å². The molecular weight excluding hydrogens is 224 g/mol. The minimum absolute atomic E-state index is 0.337. The van der Waals surface area contributed by atoms with Gasteiger partial charge in [-0.15, -0.1) is 15.3 Å². The van der Waals surface area contributed by atoms with Crippen molar-refractivity contribution in [1.29, 1.82) is 0 Å². The van der Waals surface area contributed by atoms with Crippen molar-refractivity contribution < 1.29 is 0 Å². The molecule has 2 aromatic heterocycles. The predicted molar refractivity (Wildman–Crippen MR) is 63.5 cm³/mol. The molecule has 0 unspecified atom stereocenters. The predicted octanol–water partition coefficient (Wildman–Crippen LogP) is 1.50. The molecule has 0 radical (unpaired) electrons. The van der Waals surface area contributed by atoms with Crippen molar-refractivity contribution in [3.63, 3.8) is 0 Å². The molecule has 1 N–H and O–H groups in total.